The van der Waals surface area contributed by atoms with Crippen LogP contribution >= 0.6 is 11.3 Å². The number of nitrogens with one attached hydrogen (secondary N) is 2. The van der Waals surface area contributed by atoms with E-state index in [4.69, 9.17) is 4.42 Å². The smallest absolute Gasteiger partial charge is 0.271 e. The molecule has 2 aromatic heterocycles. The second kappa shape index (κ2) is 9.67. The highest BCUT2D eigenvalue weighted by Crippen LogP contribution is 2.25. The van der Waals surface area contributed by atoms with Gasteiger partial charge in [0.2, 0.25) is 0 Å². The summed E-state index contributed by atoms with van der Waals surface area (Å²) in [5, 5.41) is 4.71. The van der Waals surface area contributed by atoms with Crippen molar-refractivity contribution in [1.82, 2.24) is 10.2 Å². The fourth-order valence-electron chi connectivity index (χ4n) is 3.72. The van der Waals surface area contributed by atoms with E-state index in [0.29, 0.717) is 17.8 Å². The van der Waals surface area contributed by atoms with Gasteiger partial charge < -0.3 is 9.73 Å². The van der Waals surface area contributed by atoms with Crippen LogP contribution in [0.2, 0.25) is 0 Å². The van der Waals surface area contributed by atoms with E-state index in [9.17, 15) is 13.2 Å². The summed E-state index contributed by atoms with van der Waals surface area (Å²) in [5.74, 6) is 0.641. The van der Waals surface area contributed by atoms with Gasteiger partial charge in [-0.15, -0.1) is 11.3 Å². The molecule has 1 aliphatic rings. The van der Waals surface area contributed by atoms with E-state index in [-0.39, 0.29) is 16.2 Å². The summed E-state index contributed by atoms with van der Waals surface area (Å²) in [6.07, 6.45) is 5.18. The summed E-state index contributed by atoms with van der Waals surface area (Å²) in [5.41, 5.74) is 0.877. The van der Waals surface area contributed by atoms with Crippen molar-refractivity contribution in [2.24, 2.45) is 0 Å². The second-order valence-corrected chi connectivity index (χ2v) is 10.3. The van der Waals surface area contributed by atoms with Crippen LogP contribution < -0.4 is 10.0 Å². The van der Waals surface area contributed by atoms with Crippen LogP contribution in [0.15, 0.2) is 68.8 Å². The van der Waals surface area contributed by atoms with Crippen molar-refractivity contribution in [3.8, 4) is 0 Å². The number of rotatable bonds is 8. The van der Waals surface area contributed by atoms with Gasteiger partial charge in [0.15, 0.2) is 0 Å². The number of hydrogen-bond donors (Lipinski definition) is 2. The van der Waals surface area contributed by atoms with E-state index in [1.54, 1.807) is 48.0 Å². The van der Waals surface area contributed by atoms with E-state index in [1.807, 2.05) is 12.1 Å². The fraction of sp³-hybridized carbons (Fsp3) is 0.318. The standard InChI is InChI=1S/C22H25N3O4S2/c26-22(23-16-19(20-6-4-14-29-20)25-12-2-1-3-13-25)17-8-10-18(11-9-17)24-31(27,28)21-7-5-15-30-21/h4-11,14-15,19,24H,1-3,12-13,16H2,(H,23,26). The van der Waals surface area contributed by atoms with Gasteiger partial charge in [0.25, 0.3) is 15.9 Å². The Balaban J connectivity index is 1.39. The molecule has 1 aromatic carbocycles. The minimum Gasteiger partial charge on any atom is -0.468 e. The Morgan fingerprint density at radius 3 is 2.48 bits per heavy atom. The lowest BCUT2D eigenvalue weighted by atomic mass is 10.1. The topological polar surface area (TPSA) is 91.7 Å². The monoisotopic (exact) mass is 459 g/mol. The van der Waals surface area contributed by atoms with Crippen LogP contribution in [0.4, 0.5) is 5.69 Å². The van der Waals surface area contributed by atoms with E-state index >= 15 is 0 Å². The first-order chi connectivity index (χ1) is 15.0. The van der Waals surface area contributed by atoms with Crippen LogP contribution in [0.1, 0.15) is 41.4 Å². The molecule has 2 N–H and O–H groups in total. The normalized spacial score (nSPS) is 16.0. The minimum atomic E-state index is -3.61. The molecule has 3 aromatic rings. The van der Waals surface area contributed by atoms with Crippen LogP contribution in [-0.4, -0.2) is 38.9 Å². The molecule has 0 spiro atoms. The van der Waals surface area contributed by atoms with Crippen LogP contribution in [0.3, 0.4) is 0 Å². The zero-order valence-electron chi connectivity index (χ0n) is 17.0. The van der Waals surface area contributed by atoms with Gasteiger partial charge >= 0.3 is 0 Å². The van der Waals surface area contributed by atoms with Crippen molar-refractivity contribution >= 4 is 33.0 Å². The molecule has 0 saturated carbocycles. The molecule has 0 radical (unpaired) electrons. The molecular weight excluding hydrogens is 434 g/mol. The third kappa shape index (κ3) is 5.36. The lowest BCUT2D eigenvalue weighted by Crippen LogP contribution is -2.40. The Bertz CT molecular complexity index is 1070. The predicted octanol–water partition coefficient (Wildman–Crippen LogP) is 4.10. The van der Waals surface area contributed by atoms with E-state index in [1.165, 1.54) is 6.42 Å². The Labute approximate surface area is 186 Å². The summed E-state index contributed by atoms with van der Waals surface area (Å²) in [7, 11) is -3.61. The van der Waals surface area contributed by atoms with Gasteiger partial charge in [-0.1, -0.05) is 12.5 Å². The largest absolute Gasteiger partial charge is 0.468 e. The van der Waals surface area contributed by atoms with E-state index in [0.717, 1.165) is 43.0 Å². The number of hydrogen-bond acceptors (Lipinski definition) is 6. The van der Waals surface area contributed by atoms with Crippen molar-refractivity contribution in [1.29, 1.82) is 0 Å². The van der Waals surface area contributed by atoms with Crippen molar-refractivity contribution in [3.05, 3.63) is 71.5 Å². The lowest BCUT2D eigenvalue weighted by molar-refractivity contribution is 0.0914. The predicted molar refractivity (Wildman–Crippen MR) is 121 cm³/mol. The number of nitrogens with zero attached hydrogens (tertiary/aromatic N) is 1. The first kappa shape index (κ1) is 21.6. The maximum absolute atomic E-state index is 12.7. The number of sulfonamides is 1. The molecule has 4 rings (SSSR count). The first-order valence-electron chi connectivity index (χ1n) is 10.2. The molecule has 31 heavy (non-hydrogen) atoms. The maximum Gasteiger partial charge on any atom is 0.271 e. The van der Waals surface area contributed by atoms with Gasteiger partial charge in [0.1, 0.15) is 9.97 Å². The van der Waals surface area contributed by atoms with Crippen molar-refractivity contribution < 1.29 is 17.6 Å². The third-order valence-electron chi connectivity index (χ3n) is 5.32. The zero-order valence-corrected chi connectivity index (χ0v) is 18.6. The van der Waals surface area contributed by atoms with Gasteiger partial charge in [-0.05, 0) is 73.8 Å². The Kier molecular flexibility index (Phi) is 6.74. The van der Waals surface area contributed by atoms with Gasteiger partial charge in [0.05, 0.1) is 12.3 Å². The number of furan rings is 1. The van der Waals surface area contributed by atoms with E-state index in [2.05, 4.69) is 14.9 Å². The maximum atomic E-state index is 12.7. The molecule has 0 bridgehead atoms. The summed E-state index contributed by atoms with van der Waals surface area (Å²) in [4.78, 5) is 15.0. The average Bonchev–Trinajstić information content (AvgIpc) is 3.50. The molecule has 7 nitrogen and oxygen atoms in total. The summed E-state index contributed by atoms with van der Waals surface area (Å²) in [6, 6.07) is 13.5. The summed E-state index contributed by atoms with van der Waals surface area (Å²) in [6.45, 7) is 2.42. The molecule has 1 atom stereocenters. The molecule has 3 heterocycles. The van der Waals surface area contributed by atoms with Gasteiger partial charge in [-0.2, -0.15) is 0 Å². The van der Waals surface area contributed by atoms with Crippen molar-refractivity contribution in [2.75, 3.05) is 24.4 Å². The van der Waals surface area contributed by atoms with Gasteiger partial charge in [-0.3, -0.25) is 14.4 Å². The quantitative estimate of drug-likeness (QED) is 0.529. The first-order valence-corrected chi connectivity index (χ1v) is 12.6. The van der Waals surface area contributed by atoms with Gasteiger partial charge in [0, 0.05) is 17.8 Å². The number of carbonyl (C=O) groups is 1. The molecule has 1 aliphatic heterocycles. The molecule has 1 saturated heterocycles. The number of anilines is 1. The molecule has 0 aliphatic carbocycles. The van der Waals surface area contributed by atoms with Crippen LogP contribution in [-0.2, 0) is 10.0 Å². The molecule has 9 heteroatoms. The highest BCUT2D eigenvalue weighted by atomic mass is 32.2. The van der Waals surface area contributed by atoms with Crippen LogP contribution in [0, 0.1) is 0 Å². The van der Waals surface area contributed by atoms with Gasteiger partial charge in [-0.25, -0.2) is 8.42 Å². The average molecular weight is 460 g/mol. The number of likely N-dealkylation sites (tertiary alicyclic amines) is 1. The number of thiophene rings is 1. The Morgan fingerprint density at radius 2 is 1.84 bits per heavy atom. The Morgan fingerprint density at radius 1 is 1.06 bits per heavy atom. The third-order valence-corrected chi connectivity index (χ3v) is 8.10. The summed E-state index contributed by atoms with van der Waals surface area (Å²) >= 11 is 1.15. The summed E-state index contributed by atoms with van der Waals surface area (Å²) < 4.78 is 33.1. The van der Waals surface area contributed by atoms with E-state index < -0.39 is 10.0 Å². The number of benzene rings is 1. The lowest BCUT2D eigenvalue weighted by Gasteiger charge is -2.33. The number of carbonyl (C=O) groups excluding carboxylic acids is 1. The number of amides is 1. The van der Waals surface area contributed by atoms with Crippen LogP contribution in [0.5, 0.6) is 0 Å². The van der Waals surface area contributed by atoms with Crippen molar-refractivity contribution in [2.45, 2.75) is 29.5 Å². The SMILES string of the molecule is O=C(NCC(c1ccco1)N1CCCCC1)c1ccc(NS(=O)(=O)c2cccs2)cc1. The Hall–Kier alpha value is -2.62. The number of piperidine rings is 1. The highest BCUT2D eigenvalue weighted by Gasteiger charge is 2.25. The highest BCUT2D eigenvalue weighted by molar-refractivity contribution is 7.94. The molecule has 164 valence electrons. The van der Waals surface area contributed by atoms with Crippen LogP contribution in [0.25, 0.3) is 0 Å². The minimum absolute atomic E-state index is 0.00358. The molecule has 1 unspecified atom stereocenters. The fourth-order valence-corrected chi connectivity index (χ4v) is 5.77. The second-order valence-electron chi connectivity index (χ2n) is 7.45. The van der Waals surface area contributed by atoms with Crippen molar-refractivity contribution in [3.63, 3.8) is 0 Å². The molecule has 1 fully saturated rings. The zero-order chi connectivity index (χ0) is 21.7. The molecule has 1 amide bonds. The molecular formula is C22H25N3O4S2.